The number of benzene rings is 2. The van der Waals surface area contributed by atoms with Crippen molar-refractivity contribution in [2.45, 2.75) is 0 Å². The third kappa shape index (κ3) is 2.70. The maximum Gasteiger partial charge on any atom is 0.282 e. The standard InChI is InChI=1S/C17H11N3O4/c21-16-13-8-2-3-9-14(13)17(22)19(16)18-11-5-7-12-6-1-4-10-15(12)20(23)24/h1-11H. The SMILES string of the molecule is O=C1c2ccccc2C(=O)N1N=CC=Cc1ccccc1[N+](=O)[O-]. The summed E-state index contributed by atoms with van der Waals surface area (Å²) in [5, 5.41) is 15.5. The zero-order chi connectivity index (χ0) is 17.1. The Balaban J connectivity index is 1.78. The number of imide groups is 1. The van der Waals surface area contributed by atoms with Crippen LogP contribution in [0.2, 0.25) is 0 Å². The van der Waals surface area contributed by atoms with E-state index in [0.29, 0.717) is 16.7 Å². The Labute approximate surface area is 136 Å². The van der Waals surface area contributed by atoms with Gasteiger partial charge in [0, 0.05) is 12.3 Å². The molecule has 0 fully saturated rings. The van der Waals surface area contributed by atoms with Crippen molar-refractivity contribution < 1.29 is 14.5 Å². The molecule has 0 unspecified atom stereocenters. The Bertz CT molecular complexity index is 867. The lowest BCUT2D eigenvalue weighted by molar-refractivity contribution is -0.385. The number of carbonyl (C=O) groups excluding carboxylic acids is 2. The molecule has 7 nitrogen and oxygen atoms in total. The van der Waals surface area contributed by atoms with Crippen LogP contribution in [0.1, 0.15) is 26.3 Å². The largest absolute Gasteiger partial charge is 0.282 e. The molecule has 0 aliphatic carbocycles. The van der Waals surface area contributed by atoms with Crippen molar-refractivity contribution in [3.63, 3.8) is 0 Å². The third-order valence-corrected chi connectivity index (χ3v) is 3.45. The molecule has 7 heteroatoms. The van der Waals surface area contributed by atoms with E-state index in [2.05, 4.69) is 5.10 Å². The summed E-state index contributed by atoms with van der Waals surface area (Å²) in [5.74, 6) is -0.989. The van der Waals surface area contributed by atoms with Gasteiger partial charge in [0.25, 0.3) is 17.5 Å². The zero-order valence-corrected chi connectivity index (χ0v) is 12.3. The molecule has 118 valence electrons. The highest BCUT2D eigenvalue weighted by Gasteiger charge is 2.34. The summed E-state index contributed by atoms with van der Waals surface area (Å²) in [5.41, 5.74) is 0.976. The molecule has 1 aliphatic heterocycles. The smallest absolute Gasteiger partial charge is 0.267 e. The van der Waals surface area contributed by atoms with Crippen molar-refractivity contribution in [3.05, 3.63) is 81.4 Å². The van der Waals surface area contributed by atoms with E-state index in [9.17, 15) is 19.7 Å². The van der Waals surface area contributed by atoms with Crippen molar-refractivity contribution >= 4 is 29.8 Å². The number of para-hydroxylation sites is 1. The van der Waals surface area contributed by atoms with Gasteiger partial charge >= 0.3 is 0 Å². The van der Waals surface area contributed by atoms with Crippen LogP contribution in [0.3, 0.4) is 0 Å². The maximum absolute atomic E-state index is 12.1. The van der Waals surface area contributed by atoms with Crippen LogP contribution in [0.4, 0.5) is 5.69 Å². The number of rotatable bonds is 4. The summed E-state index contributed by atoms with van der Waals surface area (Å²) < 4.78 is 0. The van der Waals surface area contributed by atoms with E-state index in [0.717, 1.165) is 5.01 Å². The highest BCUT2D eigenvalue weighted by Crippen LogP contribution is 2.22. The van der Waals surface area contributed by atoms with Crippen LogP contribution in [0.25, 0.3) is 6.08 Å². The number of amides is 2. The van der Waals surface area contributed by atoms with E-state index in [4.69, 9.17) is 0 Å². The van der Waals surface area contributed by atoms with Crippen molar-refractivity contribution in [1.82, 2.24) is 5.01 Å². The van der Waals surface area contributed by atoms with E-state index < -0.39 is 16.7 Å². The van der Waals surface area contributed by atoms with E-state index in [-0.39, 0.29) is 5.69 Å². The fourth-order valence-corrected chi connectivity index (χ4v) is 2.33. The summed E-state index contributed by atoms with van der Waals surface area (Å²) in [6.07, 6.45) is 4.17. The van der Waals surface area contributed by atoms with Gasteiger partial charge in [-0.05, 0) is 30.4 Å². The van der Waals surface area contributed by atoms with Crippen LogP contribution in [-0.4, -0.2) is 28.0 Å². The lowest BCUT2D eigenvalue weighted by Crippen LogP contribution is -2.23. The minimum atomic E-state index is -0.494. The number of nitro benzene ring substituents is 1. The van der Waals surface area contributed by atoms with E-state index in [1.54, 1.807) is 42.5 Å². The Hall–Kier alpha value is -3.61. The Morgan fingerprint density at radius 1 is 0.958 bits per heavy atom. The van der Waals surface area contributed by atoms with Crippen LogP contribution in [0, 0.1) is 10.1 Å². The molecular formula is C17H11N3O4. The molecule has 2 aromatic rings. The molecule has 0 radical (unpaired) electrons. The molecule has 3 rings (SSSR count). The molecular weight excluding hydrogens is 310 g/mol. The average molecular weight is 321 g/mol. The quantitative estimate of drug-likeness (QED) is 0.374. The monoisotopic (exact) mass is 321 g/mol. The van der Waals surface area contributed by atoms with Crippen molar-refractivity contribution in [2.75, 3.05) is 0 Å². The Morgan fingerprint density at radius 2 is 1.54 bits per heavy atom. The molecule has 0 aromatic heterocycles. The predicted molar refractivity (Wildman–Crippen MR) is 87.6 cm³/mol. The van der Waals surface area contributed by atoms with Crippen LogP contribution < -0.4 is 0 Å². The fraction of sp³-hybridized carbons (Fsp3) is 0. The predicted octanol–water partition coefficient (Wildman–Crippen LogP) is 2.89. The normalized spacial score (nSPS) is 13.9. The molecule has 0 spiro atoms. The van der Waals surface area contributed by atoms with Crippen molar-refractivity contribution in [2.24, 2.45) is 5.10 Å². The lowest BCUT2D eigenvalue weighted by atomic mass is 10.1. The molecule has 2 aromatic carbocycles. The molecule has 1 aliphatic rings. The summed E-state index contributed by atoms with van der Waals surface area (Å²) in [4.78, 5) is 34.6. The van der Waals surface area contributed by atoms with Gasteiger partial charge in [-0.2, -0.15) is 10.1 Å². The van der Waals surface area contributed by atoms with E-state index in [1.165, 1.54) is 24.4 Å². The highest BCUT2D eigenvalue weighted by molar-refractivity contribution is 6.21. The molecule has 0 saturated carbocycles. The van der Waals surface area contributed by atoms with Gasteiger partial charge in [-0.1, -0.05) is 24.3 Å². The fourth-order valence-electron chi connectivity index (χ4n) is 2.33. The number of hydrazone groups is 1. The first-order valence-electron chi connectivity index (χ1n) is 7.01. The van der Waals surface area contributed by atoms with Gasteiger partial charge in [0.1, 0.15) is 0 Å². The highest BCUT2D eigenvalue weighted by atomic mass is 16.6. The van der Waals surface area contributed by atoms with Crippen LogP contribution in [0.15, 0.2) is 59.7 Å². The molecule has 0 atom stereocenters. The molecule has 0 N–H and O–H groups in total. The van der Waals surface area contributed by atoms with Crippen molar-refractivity contribution in [3.8, 4) is 0 Å². The van der Waals surface area contributed by atoms with Gasteiger partial charge in [-0.25, -0.2) is 0 Å². The minimum Gasteiger partial charge on any atom is -0.267 e. The van der Waals surface area contributed by atoms with Crippen LogP contribution in [0.5, 0.6) is 0 Å². The molecule has 0 saturated heterocycles. The summed E-state index contributed by atoms with van der Waals surface area (Å²) in [6, 6.07) is 12.7. The zero-order valence-electron chi connectivity index (χ0n) is 12.3. The van der Waals surface area contributed by atoms with Gasteiger partial charge in [-0.3, -0.25) is 19.7 Å². The number of nitro groups is 1. The van der Waals surface area contributed by atoms with E-state index in [1.807, 2.05) is 0 Å². The van der Waals surface area contributed by atoms with E-state index >= 15 is 0 Å². The first-order valence-corrected chi connectivity index (χ1v) is 7.01. The number of hydrogen-bond acceptors (Lipinski definition) is 5. The average Bonchev–Trinajstić information content (AvgIpc) is 2.84. The molecule has 24 heavy (non-hydrogen) atoms. The van der Waals surface area contributed by atoms with Crippen molar-refractivity contribution in [1.29, 1.82) is 0 Å². The topological polar surface area (TPSA) is 92.9 Å². The number of allylic oxidation sites excluding steroid dienone is 1. The summed E-state index contributed by atoms with van der Waals surface area (Å²) >= 11 is 0. The molecule has 1 heterocycles. The number of fused-ring (bicyclic) bond motifs is 1. The van der Waals surface area contributed by atoms with Gasteiger partial charge in [-0.15, -0.1) is 0 Å². The van der Waals surface area contributed by atoms with Gasteiger partial charge in [0.15, 0.2) is 0 Å². The lowest BCUT2D eigenvalue weighted by Gasteiger charge is -2.04. The second-order valence-corrected chi connectivity index (χ2v) is 4.91. The second kappa shape index (κ2) is 6.25. The third-order valence-electron chi connectivity index (χ3n) is 3.45. The first-order chi connectivity index (χ1) is 11.6. The van der Waals surface area contributed by atoms with Gasteiger partial charge in [0.05, 0.1) is 21.6 Å². The maximum atomic E-state index is 12.1. The minimum absolute atomic E-state index is 0.0390. The molecule has 0 bridgehead atoms. The van der Waals surface area contributed by atoms with Crippen LogP contribution in [-0.2, 0) is 0 Å². The Kier molecular flexibility index (Phi) is 3.98. The summed E-state index contributed by atoms with van der Waals surface area (Å²) in [6.45, 7) is 0. The summed E-state index contributed by atoms with van der Waals surface area (Å²) in [7, 11) is 0. The van der Waals surface area contributed by atoms with Gasteiger partial charge < -0.3 is 0 Å². The number of hydrogen-bond donors (Lipinski definition) is 0. The number of carbonyl (C=O) groups is 2. The Morgan fingerprint density at radius 3 is 2.17 bits per heavy atom. The van der Waals surface area contributed by atoms with Gasteiger partial charge in [0.2, 0.25) is 0 Å². The van der Waals surface area contributed by atoms with Crippen LogP contribution >= 0.6 is 0 Å². The number of nitrogens with zero attached hydrogens (tertiary/aromatic N) is 3. The first kappa shape index (κ1) is 15.3. The second-order valence-electron chi connectivity index (χ2n) is 4.91. The molecule has 2 amide bonds.